The largest absolute Gasteiger partial charge is 0.408 e. The van der Waals surface area contributed by atoms with Crippen molar-refractivity contribution in [2.24, 2.45) is 5.73 Å². The number of carbonyl (C=O) groups excluding carboxylic acids is 1. The van der Waals surface area contributed by atoms with E-state index in [9.17, 15) is 4.79 Å². The van der Waals surface area contributed by atoms with Crippen LogP contribution in [0.5, 0.6) is 0 Å². The van der Waals surface area contributed by atoms with Gasteiger partial charge in [0.15, 0.2) is 0 Å². The Morgan fingerprint density at radius 1 is 1.50 bits per heavy atom. The Labute approximate surface area is 118 Å². The molecule has 0 spiro atoms. The number of nitrogens with zero attached hydrogens (tertiary/aromatic N) is 3. The Morgan fingerprint density at radius 2 is 2.30 bits per heavy atom. The summed E-state index contributed by atoms with van der Waals surface area (Å²) in [4.78, 5) is 14.1. The number of anilines is 1. The summed E-state index contributed by atoms with van der Waals surface area (Å²) < 4.78 is 5.36. The second-order valence-electron chi connectivity index (χ2n) is 5.50. The van der Waals surface area contributed by atoms with Crippen LogP contribution < -0.4 is 11.1 Å². The van der Waals surface area contributed by atoms with E-state index in [1.165, 1.54) is 6.42 Å². The van der Waals surface area contributed by atoms with E-state index in [0.717, 1.165) is 19.4 Å². The van der Waals surface area contributed by atoms with Crippen molar-refractivity contribution in [1.29, 1.82) is 0 Å². The average Bonchev–Trinajstić information content (AvgIpc) is 2.88. The molecule has 1 unspecified atom stereocenters. The van der Waals surface area contributed by atoms with Crippen LogP contribution in [-0.4, -0.2) is 46.7 Å². The summed E-state index contributed by atoms with van der Waals surface area (Å²) in [5.74, 6) is 0.541. The fourth-order valence-corrected chi connectivity index (χ4v) is 2.40. The molecule has 1 aliphatic heterocycles. The number of likely N-dealkylation sites (tertiary alicyclic amines) is 1. The van der Waals surface area contributed by atoms with E-state index in [2.05, 4.69) is 20.4 Å². The molecular formula is C13H23N5O2. The maximum atomic E-state index is 12.0. The molecule has 1 aromatic heterocycles. The van der Waals surface area contributed by atoms with Crippen LogP contribution in [0.25, 0.3) is 0 Å². The monoisotopic (exact) mass is 281 g/mol. The highest BCUT2D eigenvalue weighted by Gasteiger charge is 2.23. The van der Waals surface area contributed by atoms with Gasteiger partial charge in [0.2, 0.25) is 11.8 Å². The number of hydrogen-bond acceptors (Lipinski definition) is 6. The molecule has 1 aromatic rings. The maximum Gasteiger partial charge on any atom is 0.322 e. The summed E-state index contributed by atoms with van der Waals surface area (Å²) in [6.07, 6.45) is 3.35. The van der Waals surface area contributed by atoms with Crippen molar-refractivity contribution in [1.82, 2.24) is 15.1 Å². The van der Waals surface area contributed by atoms with Gasteiger partial charge in [0.05, 0.1) is 6.54 Å². The molecule has 1 aliphatic rings. The Kier molecular flexibility index (Phi) is 5.08. The number of piperidine rings is 1. The minimum absolute atomic E-state index is 0.135. The molecular weight excluding hydrogens is 258 g/mol. The zero-order valence-electron chi connectivity index (χ0n) is 12.1. The molecule has 0 aromatic carbocycles. The van der Waals surface area contributed by atoms with Gasteiger partial charge in [-0.05, 0) is 19.4 Å². The summed E-state index contributed by atoms with van der Waals surface area (Å²) in [5.41, 5.74) is 5.74. The van der Waals surface area contributed by atoms with Gasteiger partial charge in [-0.15, -0.1) is 5.10 Å². The highest BCUT2D eigenvalue weighted by Crippen LogP contribution is 2.17. The SMILES string of the molecule is CC(C)c1nnc(NC(=O)CN2CCCCC2CN)o1. The van der Waals surface area contributed by atoms with Gasteiger partial charge in [0, 0.05) is 18.5 Å². The molecule has 7 nitrogen and oxygen atoms in total. The Hall–Kier alpha value is -1.47. The molecule has 20 heavy (non-hydrogen) atoms. The first kappa shape index (κ1) is 14.9. The molecule has 0 radical (unpaired) electrons. The lowest BCUT2D eigenvalue weighted by atomic mass is 10.0. The summed E-state index contributed by atoms with van der Waals surface area (Å²) in [6.45, 7) is 5.74. The van der Waals surface area contributed by atoms with Crippen molar-refractivity contribution >= 4 is 11.9 Å². The zero-order valence-corrected chi connectivity index (χ0v) is 12.1. The molecule has 1 amide bonds. The fourth-order valence-electron chi connectivity index (χ4n) is 2.40. The molecule has 1 fully saturated rings. The second-order valence-corrected chi connectivity index (χ2v) is 5.50. The number of nitrogens with two attached hydrogens (primary N) is 1. The van der Waals surface area contributed by atoms with Crippen molar-refractivity contribution in [2.45, 2.75) is 45.1 Å². The Balaban J connectivity index is 1.87. The first-order valence-electron chi connectivity index (χ1n) is 7.17. The minimum Gasteiger partial charge on any atom is -0.408 e. The van der Waals surface area contributed by atoms with E-state index in [1.807, 2.05) is 13.8 Å². The van der Waals surface area contributed by atoms with Crippen LogP contribution in [-0.2, 0) is 4.79 Å². The summed E-state index contributed by atoms with van der Waals surface area (Å²) in [5, 5.41) is 10.3. The lowest BCUT2D eigenvalue weighted by molar-refractivity contribution is -0.118. The van der Waals surface area contributed by atoms with Crippen molar-refractivity contribution < 1.29 is 9.21 Å². The predicted molar refractivity (Wildman–Crippen MR) is 75.3 cm³/mol. The third-order valence-electron chi connectivity index (χ3n) is 3.55. The highest BCUT2D eigenvalue weighted by molar-refractivity contribution is 5.90. The molecule has 0 aliphatic carbocycles. The second kappa shape index (κ2) is 6.81. The molecule has 112 valence electrons. The summed E-state index contributed by atoms with van der Waals surface area (Å²) in [6, 6.07) is 0.461. The number of rotatable bonds is 5. The normalized spacial score (nSPS) is 20.3. The average molecular weight is 281 g/mol. The standard InChI is InChI=1S/C13H23N5O2/c1-9(2)12-16-17-13(20-12)15-11(19)8-18-6-4-3-5-10(18)7-14/h9-10H,3-8,14H2,1-2H3,(H,15,17,19). The molecule has 2 heterocycles. The van der Waals surface area contributed by atoms with Gasteiger partial charge in [-0.1, -0.05) is 25.4 Å². The third kappa shape index (κ3) is 3.77. The van der Waals surface area contributed by atoms with E-state index in [1.54, 1.807) is 0 Å². The van der Waals surface area contributed by atoms with Crippen molar-refractivity contribution in [3.05, 3.63) is 5.89 Å². The third-order valence-corrected chi connectivity index (χ3v) is 3.55. The molecule has 1 atom stereocenters. The molecule has 0 bridgehead atoms. The predicted octanol–water partition coefficient (Wildman–Crippen LogP) is 0.945. The van der Waals surface area contributed by atoms with Crippen LogP contribution in [0.4, 0.5) is 6.01 Å². The van der Waals surface area contributed by atoms with Crippen molar-refractivity contribution in [2.75, 3.05) is 25.0 Å². The quantitative estimate of drug-likeness (QED) is 0.833. The number of nitrogens with one attached hydrogen (secondary N) is 1. The smallest absolute Gasteiger partial charge is 0.322 e. The number of hydrogen-bond donors (Lipinski definition) is 2. The van der Waals surface area contributed by atoms with Crippen LogP contribution in [0.1, 0.15) is 44.9 Å². The van der Waals surface area contributed by atoms with Crippen LogP contribution in [0, 0.1) is 0 Å². The number of amides is 1. The lowest BCUT2D eigenvalue weighted by Gasteiger charge is -2.34. The molecule has 2 rings (SSSR count). The summed E-state index contributed by atoms with van der Waals surface area (Å²) in [7, 11) is 0. The van der Waals surface area contributed by atoms with E-state index in [4.69, 9.17) is 10.2 Å². The van der Waals surface area contributed by atoms with Crippen LogP contribution in [0.2, 0.25) is 0 Å². The van der Waals surface area contributed by atoms with Gasteiger partial charge in [0.25, 0.3) is 0 Å². The van der Waals surface area contributed by atoms with Crippen LogP contribution in [0.15, 0.2) is 4.42 Å². The van der Waals surface area contributed by atoms with E-state index >= 15 is 0 Å². The van der Waals surface area contributed by atoms with Crippen LogP contribution >= 0.6 is 0 Å². The molecule has 0 saturated carbocycles. The van der Waals surface area contributed by atoms with E-state index in [0.29, 0.717) is 25.0 Å². The lowest BCUT2D eigenvalue weighted by Crippen LogP contribution is -2.47. The number of carbonyl (C=O) groups is 1. The Bertz CT molecular complexity index is 446. The van der Waals surface area contributed by atoms with Crippen LogP contribution in [0.3, 0.4) is 0 Å². The topological polar surface area (TPSA) is 97.3 Å². The van der Waals surface area contributed by atoms with Gasteiger partial charge in [-0.25, -0.2) is 0 Å². The van der Waals surface area contributed by atoms with Crippen molar-refractivity contribution in [3.8, 4) is 0 Å². The van der Waals surface area contributed by atoms with Gasteiger partial charge >= 0.3 is 6.01 Å². The highest BCUT2D eigenvalue weighted by atomic mass is 16.4. The van der Waals surface area contributed by atoms with E-state index < -0.39 is 0 Å². The molecule has 7 heteroatoms. The van der Waals surface area contributed by atoms with E-state index in [-0.39, 0.29) is 17.8 Å². The summed E-state index contributed by atoms with van der Waals surface area (Å²) >= 11 is 0. The van der Waals surface area contributed by atoms with Gasteiger partial charge in [-0.3, -0.25) is 15.0 Å². The van der Waals surface area contributed by atoms with Crippen molar-refractivity contribution in [3.63, 3.8) is 0 Å². The van der Waals surface area contributed by atoms with Gasteiger partial charge in [0.1, 0.15) is 0 Å². The molecule has 3 N–H and O–H groups in total. The number of aromatic nitrogens is 2. The Morgan fingerprint density at radius 3 is 2.95 bits per heavy atom. The maximum absolute atomic E-state index is 12.0. The minimum atomic E-state index is -0.135. The fraction of sp³-hybridized carbons (Fsp3) is 0.769. The van der Waals surface area contributed by atoms with Gasteiger partial charge < -0.3 is 10.2 Å². The zero-order chi connectivity index (χ0) is 14.5. The first-order chi connectivity index (χ1) is 9.60. The first-order valence-corrected chi connectivity index (χ1v) is 7.17. The molecule has 1 saturated heterocycles. The van der Waals surface area contributed by atoms with Gasteiger partial charge in [-0.2, -0.15) is 0 Å².